The molecule has 0 saturated carbocycles. The molecule has 0 N–H and O–H groups in total. The van der Waals surface area contributed by atoms with Gasteiger partial charge in [-0.2, -0.15) is 0 Å². The summed E-state index contributed by atoms with van der Waals surface area (Å²) in [6.45, 7) is 8.63. The van der Waals surface area contributed by atoms with Gasteiger partial charge in [0.1, 0.15) is 0 Å². The predicted octanol–water partition coefficient (Wildman–Crippen LogP) is 10.1. The minimum Gasteiger partial charge on any atom is -0.0651 e. The van der Waals surface area contributed by atoms with Gasteiger partial charge < -0.3 is 0 Å². The number of unbranched alkanes of at least 4 members (excludes halogenated alkanes) is 19. The summed E-state index contributed by atoms with van der Waals surface area (Å²) in [6, 6.07) is 0. The summed E-state index contributed by atoms with van der Waals surface area (Å²) in [7, 11) is 0. The Labute approximate surface area is 168 Å². The van der Waals surface area contributed by atoms with Crippen molar-refractivity contribution in [3.8, 4) is 0 Å². The Morgan fingerprint density at radius 2 is 0.731 bits per heavy atom. The van der Waals surface area contributed by atoms with E-state index in [9.17, 15) is 0 Å². The number of hydrogen-bond acceptors (Lipinski definition) is 0. The Hall–Kier alpha value is 0. The molecule has 0 aliphatic rings. The van der Waals surface area contributed by atoms with Gasteiger partial charge in [-0.1, -0.05) is 162 Å². The lowest BCUT2D eigenvalue weighted by atomic mass is 9.99. The standard InChI is InChI=1S/C26H53/c1-4-6-7-8-9-10-11-12-13-14-15-16-17-18-19-20-21-22-23-24-25-26(3)5-2/h26H,1,4-25H2,2-3H3. The highest BCUT2D eigenvalue weighted by Crippen LogP contribution is 2.16. The van der Waals surface area contributed by atoms with Gasteiger partial charge in [0, 0.05) is 0 Å². The van der Waals surface area contributed by atoms with Gasteiger partial charge in [0.15, 0.2) is 0 Å². The molecule has 1 radical (unpaired) electrons. The molecular weight excluding hydrogens is 312 g/mol. The fraction of sp³-hybridized carbons (Fsp3) is 0.962. The molecule has 1 atom stereocenters. The third-order valence-corrected chi connectivity index (χ3v) is 6.14. The number of hydrogen-bond donors (Lipinski definition) is 0. The van der Waals surface area contributed by atoms with Gasteiger partial charge >= 0.3 is 0 Å². The van der Waals surface area contributed by atoms with Gasteiger partial charge in [-0.25, -0.2) is 0 Å². The molecule has 0 rings (SSSR count). The van der Waals surface area contributed by atoms with Gasteiger partial charge in [-0.15, -0.1) is 0 Å². The first-order valence-corrected chi connectivity index (χ1v) is 12.6. The first kappa shape index (κ1) is 26.0. The molecule has 0 bridgehead atoms. The quantitative estimate of drug-likeness (QED) is 0.167. The minimum atomic E-state index is 0.948. The lowest BCUT2D eigenvalue weighted by molar-refractivity contribution is 0.468. The summed E-state index contributed by atoms with van der Waals surface area (Å²) in [5.74, 6) is 0.948. The lowest BCUT2D eigenvalue weighted by Gasteiger charge is -2.07. The Balaban J connectivity index is 2.99. The topological polar surface area (TPSA) is 0 Å². The van der Waals surface area contributed by atoms with E-state index in [1.54, 1.807) is 0 Å². The highest BCUT2D eigenvalue weighted by atomic mass is 14.0. The zero-order chi connectivity index (χ0) is 19.1. The smallest absolute Gasteiger partial charge is 0.0445 e. The van der Waals surface area contributed by atoms with E-state index in [0.717, 1.165) is 12.3 Å². The average molecular weight is 366 g/mol. The van der Waals surface area contributed by atoms with Crippen molar-refractivity contribution in [3.05, 3.63) is 6.92 Å². The lowest BCUT2D eigenvalue weighted by Crippen LogP contribution is -1.91. The molecule has 0 aromatic rings. The van der Waals surface area contributed by atoms with Crippen molar-refractivity contribution >= 4 is 0 Å². The van der Waals surface area contributed by atoms with E-state index >= 15 is 0 Å². The van der Waals surface area contributed by atoms with Gasteiger partial charge in [0.25, 0.3) is 0 Å². The molecule has 1 unspecified atom stereocenters. The zero-order valence-corrected chi connectivity index (χ0v) is 18.8. The molecular formula is C26H53. The monoisotopic (exact) mass is 365 g/mol. The van der Waals surface area contributed by atoms with Crippen molar-refractivity contribution in [2.75, 3.05) is 0 Å². The van der Waals surface area contributed by atoms with E-state index in [-0.39, 0.29) is 0 Å². The normalized spacial score (nSPS) is 12.6. The van der Waals surface area contributed by atoms with Gasteiger partial charge in [-0.3, -0.25) is 0 Å². The Morgan fingerprint density at radius 3 is 1.00 bits per heavy atom. The van der Waals surface area contributed by atoms with E-state index in [1.807, 2.05) is 0 Å². The average Bonchev–Trinajstić information content (AvgIpc) is 2.66. The van der Waals surface area contributed by atoms with Crippen molar-refractivity contribution in [2.45, 2.75) is 155 Å². The first-order valence-electron chi connectivity index (χ1n) is 12.6. The highest BCUT2D eigenvalue weighted by Gasteiger charge is 1.98. The van der Waals surface area contributed by atoms with Crippen LogP contribution in [0.25, 0.3) is 0 Å². The molecule has 157 valence electrons. The summed E-state index contributed by atoms with van der Waals surface area (Å²) in [5, 5.41) is 0. The van der Waals surface area contributed by atoms with Crippen LogP contribution in [0.1, 0.15) is 155 Å². The van der Waals surface area contributed by atoms with E-state index in [2.05, 4.69) is 20.8 Å². The molecule has 26 heavy (non-hydrogen) atoms. The number of rotatable bonds is 22. The minimum absolute atomic E-state index is 0.948. The maximum Gasteiger partial charge on any atom is -0.0445 e. The summed E-state index contributed by atoms with van der Waals surface area (Å²) in [6.07, 6.45) is 31.8. The van der Waals surface area contributed by atoms with E-state index in [4.69, 9.17) is 0 Å². The summed E-state index contributed by atoms with van der Waals surface area (Å²) in [5.41, 5.74) is 0. The largest absolute Gasteiger partial charge is 0.0651 e. The van der Waals surface area contributed by atoms with Crippen LogP contribution in [0.2, 0.25) is 0 Å². The Bertz CT molecular complexity index is 232. The predicted molar refractivity (Wildman–Crippen MR) is 122 cm³/mol. The molecule has 0 aliphatic heterocycles. The molecule has 0 fully saturated rings. The SMILES string of the molecule is [CH2]CCCCCCCCCCCCCCCCCCCCCC(C)CC. The molecule has 0 spiro atoms. The van der Waals surface area contributed by atoms with Crippen molar-refractivity contribution in [3.63, 3.8) is 0 Å². The van der Waals surface area contributed by atoms with Crippen molar-refractivity contribution in [2.24, 2.45) is 5.92 Å². The van der Waals surface area contributed by atoms with Crippen molar-refractivity contribution < 1.29 is 0 Å². The second-order valence-corrected chi connectivity index (χ2v) is 8.87. The molecule has 0 amide bonds. The Kier molecular flexibility index (Phi) is 23.0. The first-order chi connectivity index (χ1) is 12.8. The van der Waals surface area contributed by atoms with Gasteiger partial charge in [0.05, 0.1) is 0 Å². The van der Waals surface area contributed by atoms with Crippen LogP contribution in [0.3, 0.4) is 0 Å². The van der Waals surface area contributed by atoms with Crippen LogP contribution >= 0.6 is 0 Å². The molecule has 0 heterocycles. The van der Waals surface area contributed by atoms with Crippen LogP contribution in [0.5, 0.6) is 0 Å². The molecule has 0 aromatic heterocycles. The van der Waals surface area contributed by atoms with Gasteiger partial charge in [0.2, 0.25) is 0 Å². The van der Waals surface area contributed by atoms with Crippen LogP contribution in [0.4, 0.5) is 0 Å². The summed E-state index contributed by atoms with van der Waals surface area (Å²) >= 11 is 0. The van der Waals surface area contributed by atoms with Crippen LogP contribution in [0, 0.1) is 12.8 Å². The maximum atomic E-state index is 3.91. The second-order valence-electron chi connectivity index (χ2n) is 8.87. The van der Waals surface area contributed by atoms with E-state index < -0.39 is 0 Å². The second kappa shape index (κ2) is 23.0. The van der Waals surface area contributed by atoms with E-state index in [0.29, 0.717) is 0 Å². The third kappa shape index (κ3) is 22.0. The van der Waals surface area contributed by atoms with E-state index in [1.165, 1.54) is 135 Å². The maximum absolute atomic E-state index is 3.91. The van der Waals surface area contributed by atoms with Crippen molar-refractivity contribution in [1.82, 2.24) is 0 Å². The van der Waals surface area contributed by atoms with Gasteiger partial charge in [-0.05, 0) is 5.92 Å². The molecule has 0 nitrogen and oxygen atoms in total. The zero-order valence-electron chi connectivity index (χ0n) is 18.8. The third-order valence-electron chi connectivity index (χ3n) is 6.14. The highest BCUT2D eigenvalue weighted by molar-refractivity contribution is 4.53. The van der Waals surface area contributed by atoms with Crippen LogP contribution in [0.15, 0.2) is 0 Å². The van der Waals surface area contributed by atoms with Crippen LogP contribution in [-0.4, -0.2) is 0 Å². The summed E-state index contributed by atoms with van der Waals surface area (Å²) < 4.78 is 0. The van der Waals surface area contributed by atoms with Crippen LogP contribution in [-0.2, 0) is 0 Å². The fourth-order valence-corrected chi connectivity index (χ4v) is 3.88. The molecule has 0 aromatic carbocycles. The van der Waals surface area contributed by atoms with Crippen LogP contribution < -0.4 is 0 Å². The molecule has 0 aliphatic carbocycles. The molecule has 0 heteroatoms. The summed E-state index contributed by atoms with van der Waals surface area (Å²) in [4.78, 5) is 0. The fourth-order valence-electron chi connectivity index (χ4n) is 3.88. The molecule has 0 saturated heterocycles. The Morgan fingerprint density at radius 1 is 0.462 bits per heavy atom. The van der Waals surface area contributed by atoms with Crippen molar-refractivity contribution in [1.29, 1.82) is 0 Å².